The summed E-state index contributed by atoms with van der Waals surface area (Å²) in [6, 6.07) is 11.2. The van der Waals surface area contributed by atoms with Crippen LogP contribution in [0.3, 0.4) is 0 Å². The minimum absolute atomic E-state index is 0. The van der Waals surface area contributed by atoms with Gasteiger partial charge in [0.25, 0.3) is 5.91 Å². The molecular weight excluding hydrogens is 442 g/mol. The summed E-state index contributed by atoms with van der Waals surface area (Å²) in [6.45, 7) is 1.74. The lowest BCUT2D eigenvalue weighted by molar-refractivity contribution is 0.102. The summed E-state index contributed by atoms with van der Waals surface area (Å²) < 4.78 is 20.3. The number of amides is 1. The Balaban J connectivity index is 0.00000272. The fraction of sp³-hybridized carbons (Fsp3) is 0.273. The van der Waals surface area contributed by atoms with Crippen molar-refractivity contribution in [3.05, 3.63) is 70.8 Å². The molecule has 9 heteroatoms. The van der Waals surface area contributed by atoms with Gasteiger partial charge in [-0.3, -0.25) is 4.79 Å². The van der Waals surface area contributed by atoms with Crippen LogP contribution in [0.25, 0.3) is 5.69 Å². The van der Waals surface area contributed by atoms with Crippen LogP contribution in [-0.4, -0.2) is 35.9 Å². The summed E-state index contributed by atoms with van der Waals surface area (Å²) in [4.78, 5) is 13.1. The first-order valence-electron chi connectivity index (χ1n) is 9.76. The van der Waals surface area contributed by atoms with Crippen LogP contribution in [0.1, 0.15) is 34.8 Å². The van der Waals surface area contributed by atoms with Crippen LogP contribution in [0.15, 0.2) is 48.7 Å². The quantitative estimate of drug-likeness (QED) is 0.568. The van der Waals surface area contributed by atoms with E-state index >= 15 is 0 Å². The van der Waals surface area contributed by atoms with Crippen molar-refractivity contribution < 1.29 is 13.9 Å². The predicted molar refractivity (Wildman–Crippen MR) is 122 cm³/mol. The van der Waals surface area contributed by atoms with Gasteiger partial charge in [0.05, 0.1) is 35.3 Å². The van der Waals surface area contributed by atoms with Crippen LogP contribution in [0, 0.1) is 5.82 Å². The number of rotatable bonds is 5. The van der Waals surface area contributed by atoms with Crippen LogP contribution < -0.4 is 15.4 Å². The van der Waals surface area contributed by atoms with E-state index in [4.69, 9.17) is 16.3 Å². The highest BCUT2D eigenvalue weighted by Crippen LogP contribution is 2.32. The molecular formula is C22H23Cl2FN4O2. The predicted octanol–water partition coefficient (Wildman–Crippen LogP) is 4.81. The highest BCUT2D eigenvalue weighted by atomic mass is 35.5. The number of ether oxygens (including phenoxy) is 1. The van der Waals surface area contributed by atoms with E-state index in [9.17, 15) is 9.18 Å². The second kappa shape index (κ2) is 10.1. The van der Waals surface area contributed by atoms with Crippen LogP contribution in [0.4, 0.5) is 10.1 Å². The SMILES string of the molecule is COc1ccc(NC(=O)c2cnn(-c3ccc(F)cc3)c2C2CCNCC2)cc1Cl.Cl. The van der Waals surface area contributed by atoms with Gasteiger partial charge in [0.2, 0.25) is 0 Å². The van der Waals surface area contributed by atoms with Crippen LogP contribution in [0.5, 0.6) is 5.75 Å². The average Bonchev–Trinajstić information content (AvgIpc) is 3.20. The number of nitrogens with zero attached hydrogens (tertiary/aromatic N) is 2. The Bertz CT molecular complexity index is 1050. The van der Waals surface area contributed by atoms with Gasteiger partial charge in [-0.25, -0.2) is 9.07 Å². The van der Waals surface area contributed by atoms with Gasteiger partial charge in [-0.2, -0.15) is 5.10 Å². The van der Waals surface area contributed by atoms with Gasteiger partial charge < -0.3 is 15.4 Å². The van der Waals surface area contributed by atoms with Crippen molar-refractivity contribution in [3.8, 4) is 11.4 Å². The lowest BCUT2D eigenvalue weighted by Gasteiger charge is -2.24. The number of anilines is 1. The molecule has 1 amide bonds. The minimum Gasteiger partial charge on any atom is -0.495 e. The number of carbonyl (C=O) groups excluding carboxylic acids is 1. The maximum absolute atomic E-state index is 13.4. The van der Waals surface area contributed by atoms with Crippen LogP contribution >= 0.6 is 24.0 Å². The molecule has 6 nitrogen and oxygen atoms in total. The van der Waals surface area contributed by atoms with Gasteiger partial charge in [-0.15, -0.1) is 12.4 Å². The molecule has 0 unspecified atom stereocenters. The maximum Gasteiger partial charge on any atom is 0.259 e. The summed E-state index contributed by atoms with van der Waals surface area (Å²) >= 11 is 6.18. The first-order chi connectivity index (χ1) is 14.6. The zero-order valence-electron chi connectivity index (χ0n) is 16.9. The molecule has 0 atom stereocenters. The summed E-state index contributed by atoms with van der Waals surface area (Å²) in [5, 5.41) is 11.1. The highest BCUT2D eigenvalue weighted by Gasteiger charge is 2.27. The first kappa shape index (κ1) is 23.1. The van der Waals surface area contributed by atoms with Gasteiger partial charge in [-0.1, -0.05) is 11.6 Å². The van der Waals surface area contributed by atoms with Crippen molar-refractivity contribution in [2.24, 2.45) is 0 Å². The van der Waals surface area contributed by atoms with Crippen molar-refractivity contribution in [2.75, 3.05) is 25.5 Å². The molecule has 1 aliphatic rings. The summed E-state index contributed by atoms with van der Waals surface area (Å²) in [5.41, 5.74) is 2.62. The molecule has 1 saturated heterocycles. The number of aromatic nitrogens is 2. The van der Waals surface area contributed by atoms with E-state index in [0.717, 1.165) is 37.3 Å². The molecule has 31 heavy (non-hydrogen) atoms. The largest absolute Gasteiger partial charge is 0.495 e. The molecule has 0 saturated carbocycles. The molecule has 1 aromatic heterocycles. The molecule has 2 aromatic carbocycles. The molecule has 1 fully saturated rings. The molecule has 0 aliphatic carbocycles. The van der Waals surface area contributed by atoms with Gasteiger partial charge in [-0.05, 0) is 68.4 Å². The topological polar surface area (TPSA) is 68.2 Å². The molecule has 2 N–H and O–H groups in total. The number of hydrogen-bond acceptors (Lipinski definition) is 4. The normalized spacial score (nSPS) is 14.0. The second-order valence-corrected chi connectivity index (χ2v) is 7.57. The molecule has 1 aliphatic heterocycles. The number of nitrogens with one attached hydrogen (secondary N) is 2. The van der Waals surface area contributed by atoms with E-state index < -0.39 is 0 Å². The lowest BCUT2D eigenvalue weighted by atomic mass is 9.91. The van der Waals surface area contributed by atoms with Crippen molar-refractivity contribution >= 4 is 35.6 Å². The third kappa shape index (κ3) is 5.01. The maximum atomic E-state index is 13.4. The standard InChI is InChI=1S/C22H22ClFN4O2.ClH/c1-30-20-7-4-16(12-19(20)23)27-22(29)18-13-26-28(17-5-2-15(24)3-6-17)21(18)14-8-10-25-11-9-14;/h2-7,12-14,25H,8-11H2,1H3,(H,27,29);1H. The van der Waals surface area contributed by atoms with Crippen molar-refractivity contribution in [1.82, 2.24) is 15.1 Å². The molecule has 4 rings (SSSR count). The first-order valence-corrected chi connectivity index (χ1v) is 10.1. The highest BCUT2D eigenvalue weighted by molar-refractivity contribution is 6.32. The number of carbonyl (C=O) groups is 1. The van der Waals surface area contributed by atoms with E-state index in [1.165, 1.54) is 19.2 Å². The Morgan fingerprint density at radius 3 is 2.58 bits per heavy atom. The van der Waals surface area contributed by atoms with Gasteiger partial charge in [0.1, 0.15) is 11.6 Å². The molecule has 3 aromatic rings. The van der Waals surface area contributed by atoms with Gasteiger partial charge >= 0.3 is 0 Å². The fourth-order valence-corrected chi connectivity index (χ4v) is 4.01. The Labute approximate surface area is 191 Å². The average molecular weight is 465 g/mol. The number of piperidine rings is 1. The molecule has 0 radical (unpaired) electrons. The minimum atomic E-state index is -0.316. The van der Waals surface area contributed by atoms with Crippen LogP contribution in [-0.2, 0) is 0 Å². The number of benzene rings is 2. The Hall–Kier alpha value is -2.61. The monoisotopic (exact) mass is 464 g/mol. The Kier molecular flexibility index (Phi) is 7.54. The zero-order chi connectivity index (χ0) is 21.1. The summed E-state index contributed by atoms with van der Waals surface area (Å²) in [6.07, 6.45) is 3.35. The van der Waals surface area contributed by atoms with E-state index in [0.29, 0.717) is 22.0 Å². The molecule has 164 valence electrons. The number of methoxy groups -OCH3 is 1. The summed E-state index contributed by atoms with van der Waals surface area (Å²) in [5.74, 6) is 0.120. The van der Waals surface area contributed by atoms with Crippen molar-refractivity contribution in [3.63, 3.8) is 0 Å². The molecule has 0 spiro atoms. The van der Waals surface area contributed by atoms with E-state index in [1.54, 1.807) is 41.2 Å². The smallest absolute Gasteiger partial charge is 0.259 e. The van der Waals surface area contributed by atoms with Crippen molar-refractivity contribution in [2.45, 2.75) is 18.8 Å². The molecule has 2 heterocycles. The zero-order valence-corrected chi connectivity index (χ0v) is 18.5. The van der Waals surface area contributed by atoms with E-state index in [1.807, 2.05) is 0 Å². The van der Waals surface area contributed by atoms with E-state index in [2.05, 4.69) is 15.7 Å². The van der Waals surface area contributed by atoms with Crippen molar-refractivity contribution in [1.29, 1.82) is 0 Å². The number of hydrogen-bond donors (Lipinski definition) is 2. The lowest BCUT2D eigenvalue weighted by Crippen LogP contribution is -2.29. The molecule has 0 bridgehead atoms. The third-order valence-electron chi connectivity index (χ3n) is 5.26. The summed E-state index contributed by atoms with van der Waals surface area (Å²) in [7, 11) is 1.54. The Morgan fingerprint density at radius 1 is 1.23 bits per heavy atom. The third-order valence-corrected chi connectivity index (χ3v) is 5.55. The number of halogens is 3. The Morgan fingerprint density at radius 2 is 1.94 bits per heavy atom. The van der Waals surface area contributed by atoms with Crippen LogP contribution in [0.2, 0.25) is 5.02 Å². The van der Waals surface area contributed by atoms with E-state index in [-0.39, 0.29) is 30.0 Å². The second-order valence-electron chi connectivity index (χ2n) is 7.16. The van der Waals surface area contributed by atoms with Gasteiger partial charge in [0, 0.05) is 11.6 Å². The van der Waals surface area contributed by atoms with Gasteiger partial charge in [0.15, 0.2) is 0 Å². The fourth-order valence-electron chi connectivity index (χ4n) is 3.75.